The molecule has 2 heterocycles. The van der Waals surface area contributed by atoms with Crippen LogP contribution in [-0.2, 0) is 4.79 Å². The molecule has 22 heavy (non-hydrogen) atoms. The fraction of sp³-hybridized carbons (Fsp3) is 0.588. The predicted molar refractivity (Wildman–Crippen MR) is 93.1 cm³/mol. The Morgan fingerprint density at radius 2 is 2.27 bits per heavy atom. The number of benzene rings is 1. The van der Waals surface area contributed by atoms with Crippen molar-refractivity contribution >= 4 is 27.5 Å². The third-order valence-corrected chi connectivity index (χ3v) is 5.14. The SMILES string of the molecule is O=C(NCC1CCN(c2cccc(Br)c2)C1)[C@H]1CCCCN1. The molecular formula is C17H24BrN3O. The number of nitrogens with zero attached hydrogens (tertiary/aromatic N) is 1. The quantitative estimate of drug-likeness (QED) is 0.861. The predicted octanol–water partition coefficient (Wildman–Crippen LogP) is 2.53. The van der Waals surface area contributed by atoms with E-state index in [1.807, 2.05) is 0 Å². The first-order chi connectivity index (χ1) is 10.7. The van der Waals surface area contributed by atoms with Crippen molar-refractivity contribution in [2.24, 2.45) is 5.92 Å². The summed E-state index contributed by atoms with van der Waals surface area (Å²) in [5.41, 5.74) is 1.26. The van der Waals surface area contributed by atoms with Gasteiger partial charge in [0.1, 0.15) is 0 Å². The van der Waals surface area contributed by atoms with Gasteiger partial charge >= 0.3 is 0 Å². The molecule has 1 unspecified atom stereocenters. The minimum Gasteiger partial charge on any atom is -0.371 e. The lowest BCUT2D eigenvalue weighted by atomic mass is 10.0. The summed E-state index contributed by atoms with van der Waals surface area (Å²) >= 11 is 3.53. The number of nitrogens with one attached hydrogen (secondary N) is 2. The average molecular weight is 366 g/mol. The molecule has 2 aliphatic heterocycles. The van der Waals surface area contributed by atoms with Crippen molar-refractivity contribution in [3.63, 3.8) is 0 Å². The van der Waals surface area contributed by atoms with Crippen LogP contribution in [0.5, 0.6) is 0 Å². The van der Waals surface area contributed by atoms with Crippen molar-refractivity contribution in [3.05, 3.63) is 28.7 Å². The van der Waals surface area contributed by atoms with Crippen LogP contribution >= 0.6 is 15.9 Å². The third kappa shape index (κ3) is 4.02. The summed E-state index contributed by atoms with van der Waals surface area (Å²) < 4.78 is 1.12. The van der Waals surface area contributed by atoms with Gasteiger partial charge in [-0.2, -0.15) is 0 Å². The molecule has 1 amide bonds. The van der Waals surface area contributed by atoms with Gasteiger partial charge in [0, 0.05) is 29.8 Å². The molecule has 3 rings (SSSR count). The Kier molecular flexibility index (Phi) is 5.37. The van der Waals surface area contributed by atoms with E-state index in [0.29, 0.717) is 5.92 Å². The van der Waals surface area contributed by atoms with Gasteiger partial charge < -0.3 is 15.5 Å². The second kappa shape index (κ2) is 7.47. The summed E-state index contributed by atoms with van der Waals surface area (Å²) in [6, 6.07) is 8.46. The number of halogens is 1. The second-order valence-electron chi connectivity index (χ2n) is 6.33. The molecule has 120 valence electrons. The molecule has 0 bridgehead atoms. The molecule has 5 heteroatoms. The van der Waals surface area contributed by atoms with Gasteiger partial charge in [-0.05, 0) is 49.9 Å². The van der Waals surface area contributed by atoms with E-state index in [1.54, 1.807) is 0 Å². The van der Waals surface area contributed by atoms with Crippen molar-refractivity contribution in [2.75, 3.05) is 31.1 Å². The smallest absolute Gasteiger partial charge is 0.237 e. The van der Waals surface area contributed by atoms with Gasteiger partial charge in [0.05, 0.1) is 6.04 Å². The Morgan fingerprint density at radius 1 is 1.36 bits per heavy atom. The monoisotopic (exact) mass is 365 g/mol. The molecule has 0 aromatic heterocycles. The summed E-state index contributed by atoms with van der Waals surface area (Å²) in [6.45, 7) is 3.85. The molecule has 0 spiro atoms. The zero-order valence-corrected chi connectivity index (χ0v) is 14.4. The fourth-order valence-electron chi connectivity index (χ4n) is 3.35. The van der Waals surface area contributed by atoms with E-state index in [0.717, 1.165) is 49.9 Å². The largest absolute Gasteiger partial charge is 0.371 e. The first kappa shape index (κ1) is 15.8. The molecule has 0 aliphatic carbocycles. The van der Waals surface area contributed by atoms with Crippen LogP contribution in [0.15, 0.2) is 28.7 Å². The van der Waals surface area contributed by atoms with Crippen molar-refractivity contribution in [3.8, 4) is 0 Å². The Labute approximate surface area is 140 Å². The van der Waals surface area contributed by atoms with Crippen molar-refractivity contribution in [1.82, 2.24) is 10.6 Å². The zero-order valence-electron chi connectivity index (χ0n) is 12.9. The molecule has 0 saturated carbocycles. The molecule has 2 N–H and O–H groups in total. The standard InChI is InChI=1S/C17H24BrN3O/c18-14-4-3-5-15(10-14)21-9-7-13(12-21)11-20-17(22)16-6-1-2-8-19-16/h3-5,10,13,16,19H,1-2,6-9,11-12H2,(H,20,22)/t13?,16-/m1/s1. The first-order valence-corrected chi connectivity index (χ1v) is 9.03. The van der Waals surface area contributed by atoms with E-state index < -0.39 is 0 Å². The van der Waals surface area contributed by atoms with Crippen LogP contribution in [0.2, 0.25) is 0 Å². The summed E-state index contributed by atoms with van der Waals surface area (Å²) in [7, 11) is 0. The molecule has 1 aromatic rings. The summed E-state index contributed by atoms with van der Waals surface area (Å²) in [6.07, 6.45) is 4.46. The van der Waals surface area contributed by atoms with E-state index in [2.05, 4.69) is 55.7 Å². The van der Waals surface area contributed by atoms with E-state index in [-0.39, 0.29) is 11.9 Å². The summed E-state index contributed by atoms with van der Waals surface area (Å²) in [5.74, 6) is 0.729. The molecule has 4 nitrogen and oxygen atoms in total. The van der Waals surface area contributed by atoms with Crippen LogP contribution in [-0.4, -0.2) is 38.1 Å². The minimum absolute atomic E-state index is 0.0244. The molecule has 2 fully saturated rings. The Balaban J connectivity index is 1.46. The van der Waals surface area contributed by atoms with Crippen LogP contribution < -0.4 is 15.5 Å². The normalized spacial score (nSPS) is 25.2. The first-order valence-electron chi connectivity index (χ1n) is 8.24. The Hall–Kier alpha value is -1.07. The van der Waals surface area contributed by atoms with Gasteiger partial charge in [-0.15, -0.1) is 0 Å². The summed E-state index contributed by atoms with van der Waals surface area (Å²) in [4.78, 5) is 14.6. The van der Waals surface area contributed by atoms with Crippen LogP contribution in [0.25, 0.3) is 0 Å². The van der Waals surface area contributed by atoms with E-state index in [4.69, 9.17) is 0 Å². The number of hydrogen-bond acceptors (Lipinski definition) is 3. The topological polar surface area (TPSA) is 44.4 Å². The van der Waals surface area contributed by atoms with Crippen molar-refractivity contribution < 1.29 is 4.79 Å². The number of anilines is 1. The fourth-order valence-corrected chi connectivity index (χ4v) is 3.74. The third-order valence-electron chi connectivity index (χ3n) is 4.65. The number of carbonyl (C=O) groups excluding carboxylic acids is 1. The van der Waals surface area contributed by atoms with E-state index in [9.17, 15) is 4.79 Å². The lowest BCUT2D eigenvalue weighted by Gasteiger charge is -2.23. The minimum atomic E-state index is 0.0244. The van der Waals surface area contributed by atoms with Crippen molar-refractivity contribution in [1.29, 1.82) is 0 Å². The molecule has 1 aromatic carbocycles. The zero-order chi connectivity index (χ0) is 15.4. The van der Waals surface area contributed by atoms with Gasteiger partial charge in [-0.3, -0.25) is 4.79 Å². The van der Waals surface area contributed by atoms with Crippen LogP contribution in [0.4, 0.5) is 5.69 Å². The van der Waals surface area contributed by atoms with Gasteiger partial charge in [0.15, 0.2) is 0 Å². The highest BCUT2D eigenvalue weighted by Crippen LogP contribution is 2.25. The number of hydrogen-bond donors (Lipinski definition) is 2. The maximum atomic E-state index is 12.2. The molecular weight excluding hydrogens is 342 g/mol. The number of rotatable bonds is 4. The van der Waals surface area contributed by atoms with Crippen LogP contribution in [0.3, 0.4) is 0 Å². The maximum absolute atomic E-state index is 12.2. The molecule has 0 radical (unpaired) electrons. The molecule has 2 saturated heterocycles. The van der Waals surface area contributed by atoms with E-state index in [1.165, 1.54) is 12.1 Å². The van der Waals surface area contributed by atoms with Gasteiger partial charge in [0.2, 0.25) is 5.91 Å². The van der Waals surface area contributed by atoms with Crippen LogP contribution in [0, 0.1) is 5.92 Å². The van der Waals surface area contributed by atoms with Gasteiger partial charge in [-0.25, -0.2) is 0 Å². The van der Waals surface area contributed by atoms with Crippen molar-refractivity contribution in [2.45, 2.75) is 31.7 Å². The number of amides is 1. The highest BCUT2D eigenvalue weighted by atomic mass is 79.9. The van der Waals surface area contributed by atoms with E-state index >= 15 is 0 Å². The molecule has 2 aliphatic rings. The highest BCUT2D eigenvalue weighted by molar-refractivity contribution is 9.10. The lowest BCUT2D eigenvalue weighted by molar-refractivity contribution is -0.123. The molecule has 2 atom stereocenters. The van der Waals surface area contributed by atoms with Crippen LogP contribution in [0.1, 0.15) is 25.7 Å². The lowest BCUT2D eigenvalue weighted by Crippen LogP contribution is -2.47. The Morgan fingerprint density at radius 3 is 3.05 bits per heavy atom. The maximum Gasteiger partial charge on any atom is 0.237 e. The average Bonchev–Trinajstić information content (AvgIpc) is 3.02. The number of piperidine rings is 1. The van der Waals surface area contributed by atoms with Gasteiger partial charge in [0.25, 0.3) is 0 Å². The highest BCUT2D eigenvalue weighted by Gasteiger charge is 2.25. The number of carbonyl (C=O) groups is 1. The Bertz CT molecular complexity index is 516. The summed E-state index contributed by atoms with van der Waals surface area (Å²) in [5, 5.41) is 6.45. The van der Waals surface area contributed by atoms with Gasteiger partial charge in [-0.1, -0.05) is 28.4 Å². The second-order valence-corrected chi connectivity index (χ2v) is 7.24.